The molecule has 0 radical (unpaired) electrons. The van der Waals surface area contributed by atoms with E-state index in [0.717, 1.165) is 0 Å². The van der Waals surface area contributed by atoms with Crippen molar-refractivity contribution in [1.82, 2.24) is 5.32 Å². The molecule has 1 rings (SSSR count). The first-order valence-corrected chi connectivity index (χ1v) is 6.07. The van der Waals surface area contributed by atoms with Crippen molar-refractivity contribution in [2.45, 2.75) is 33.2 Å². The first kappa shape index (κ1) is 14.6. The summed E-state index contributed by atoms with van der Waals surface area (Å²) in [6, 6.07) is 5.98. The summed E-state index contributed by atoms with van der Waals surface area (Å²) < 4.78 is 13.0. The zero-order chi connectivity index (χ0) is 13.8. The van der Waals surface area contributed by atoms with Gasteiger partial charge in [-0.2, -0.15) is 0 Å². The first-order chi connectivity index (χ1) is 8.32. The Bertz CT molecular complexity index is 413. The number of amides is 1. The van der Waals surface area contributed by atoms with E-state index in [0.29, 0.717) is 12.1 Å². The molecule has 0 aliphatic carbocycles. The molecule has 0 spiro atoms. The number of nitrogens with two attached hydrogens (primary N) is 1. The lowest BCUT2D eigenvalue weighted by Crippen LogP contribution is -2.48. The summed E-state index contributed by atoms with van der Waals surface area (Å²) in [5.41, 5.74) is 6.22. The number of hydrogen-bond acceptors (Lipinski definition) is 2. The van der Waals surface area contributed by atoms with Gasteiger partial charge in [-0.3, -0.25) is 4.79 Å². The molecular formula is C14H21FN2O. The molecule has 100 valence electrons. The van der Waals surface area contributed by atoms with Crippen LogP contribution in [0.15, 0.2) is 24.3 Å². The van der Waals surface area contributed by atoms with Gasteiger partial charge in [-0.25, -0.2) is 4.39 Å². The number of nitrogens with one attached hydrogen (secondary N) is 1. The van der Waals surface area contributed by atoms with Crippen LogP contribution in [-0.2, 0) is 11.2 Å². The van der Waals surface area contributed by atoms with Gasteiger partial charge in [-0.1, -0.05) is 32.9 Å². The fraction of sp³-hybridized carbons (Fsp3) is 0.500. The van der Waals surface area contributed by atoms with Crippen LogP contribution in [0.1, 0.15) is 26.3 Å². The average Bonchev–Trinajstić information content (AvgIpc) is 2.24. The molecule has 1 aromatic carbocycles. The molecule has 1 unspecified atom stereocenters. The van der Waals surface area contributed by atoms with Crippen LogP contribution in [0.5, 0.6) is 0 Å². The zero-order valence-corrected chi connectivity index (χ0v) is 11.2. The lowest BCUT2D eigenvalue weighted by atomic mass is 9.86. The van der Waals surface area contributed by atoms with E-state index < -0.39 is 0 Å². The second-order valence-corrected chi connectivity index (χ2v) is 5.53. The third-order valence-corrected chi connectivity index (χ3v) is 2.87. The summed E-state index contributed by atoms with van der Waals surface area (Å²) in [4.78, 5) is 11.9. The van der Waals surface area contributed by atoms with Gasteiger partial charge in [0.15, 0.2) is 0 Å². The Morgan fingerprint density at radius 1 is 1.44 bits per heavy atom. The van der Waals surface area contributed by atoms with Crippen molar-refractivity contribution in [3.05, 3.63) is 35.6 Å². The molecule has 0 aliphatic heterocycles. The van der Waals surface area contributed by atoms with Crippen LogP contribution in [0.4, 0.5) is 4.39 Å². The maximum Gasteiger partial charge on any atom is 0.224 e. The number of hydrogen-bond donors (Lipinski definition) is 2. The van der Waals surface area contributed by atoms with E-state index in [2.05, 4.69) is 5.32 Å². The molecule has 1 amide bonds. The highest BCUT2D eigenvalue weighted by Gasteiger charge is 2.24. The van der Waals surface area contributed by atoms with Crippen LogP contribution < -0.4 is 11.1 Å². The molecule has 3 nitrogen and oxygen atoms in total. The van der Waals surface area contributed by atoms with Crippen molar-refractivity contribution < 1.29 is 9.18 Å². The molecular weight excluding hydrogens is 231 g/mol. The highest BCUT2D eigenvalue weighted by molar-refractivity contribution is 5.78. The molecule has 4 heteroatoms. The van der Waals surface area contributed by atoms with Gasteiger partial charge in [0.25, 0.3) is 0 Å². The molecule has 0 saturated heterocycles. The molecule has 0 fully saturated rings. The lowest BCUT2D eigenvalue weighted by molar-refractivity contribution is -0.121. The number of halogens is 1. The smallest absolute Gasteiger partial charge is 0.224 e. The van der Waals surface area contributed by atoms with Gasteiger partial charge in [0.2, 0.25) is 5.91 Å². The summed E-state index contributed by atoms with van der Waals surface area (Å²) in [6.45, 7) is 6.45. The molecule has 1 aromatic rings. The van der Waals surface area contributed by atoms with Crippen LogP contribution in [0.3, 0.4) is 0 Å². The Hall–Kier alpha value is -1.42. The van der Waals surface area contributed by atoms with E-state index in [-0.39, 0.29) is 29.6 Å². The van der Waals surface area contributed by atoms with E-state index in [9.17, 15) is 9.18 Å². The molecule has 0 aliphatic rings. The molecule has 0 saturated carbocycles. The fourth-order valence-electron chi connectivity index (χ4n) is 1.71. The summed E-state index contributed by atoms with van der Waals surface area (Å²) >= 11 is 0. The average molecular weight is 252 g/mol. The number of carbonyl (C=O) groups excluding carboxylic acids is 1. The Morgan fingerprint density at radius 3 is 2.61 bits per heavy atom. The van der Waals surface area contributed by atoms with Crippen molar-refractivity contribution in [3.63, 3.8) is 0 Å². The minimum Gasteiger partial charge on any atom is -0.351 e. The van der Waals surface area contributed by atoms with E-state index in [4.69, 9.17) is 5.73 Å². The van der Waals surface area contributed by atoms with E-state index in [1.807, 2.05) is 20.8 Å². The van der Waals surface area contributed by atoms with Gasteiger partial charge in [0.05, 0.1) is 6.42 Å². The third-order valence-electron chi connectivity index (χ3n) is 2.87. The number of rotatable bonds is 4. The molecule has 0 heterocycles. The predicted octanol–water partition coefficient (Wildman–Crippen LogP) is 1.86. The standard InChI is InChI=1S/C14H21FN2O/c1-14(2,3)12(9-16)17-13(18)8-10-5-4-6-11(15)7-10/h4-7,12H,8-9,16H2,1-3H3,(H,17,18). The summed E-state index contributed by atoms with van der Waals surface area (Å²) in [7, 11) is 0. The van der Waals surface area contributed by atoms with Crippen LogP contribution in [0.2, 0.25) is 0 Å². The maximum absolute atomic E-state index is 13.0. The van der Waals surface area contributed by atoms with Gasteiger partial charge in [-0.15, -0.1) is 0 Å². The number of carbonyl (C=O) groups is 1. The van der Waals surface area contributed by atoms with Crippen LogP contribution in [0, 0.1) is 11.2 Å². The summed E-state index contributed by atoms with van der Waals surface area (Å²) in [6.07, 6.45) is 0.171. The van der Waals surface area contributed by atoms with Gasteiger partial charge in [0.1, 0.15) is 5.82 Å². The van der Waals surface area contributed by atoms with Gasteiger partial charge in [0, 0.05) is 12.6 Å². The zero-order valence-electron chi connectivity index (χ0n) is 11.2. The molecule has 1 atom stereocenters. The van der Waals surface area contributed by atoms with Gasteiger partial charge >= 0.3 is 0 Å². The Labute approximate surface area is 108 Å². The van der Waals surface area contributed by atoms with Gasteiger partial charge < -0.3 is 11.1 Å². The fourth-order valence-corrected chi connectivity index (χ4v) is 1.71. The monoisotopic (exact) mass is 252 g/mol. The van der Waals surface area contributed by atoms with Crippen LogP contribution in [-0.4, -0.2) is 18.5 Å². The third kappa shape index (κ3) is 4.45. The van der Waals surface area contributed by atoms with Crippen molar-refractivity contribution in [1.29, 1.82) is 0 Å². The Balaban J connectivity index is 2.61. The SMILES string of the molecule is CC(C)(C)C(CN)NC(=O)Cc1cccc(F)c1. The van der Waals surface area contributed by atoms with Crippen LogP contribution >= 0.6 is 0 Å². The van der Waals surface area contributed by atoms with E-state index in [1.54, 1.807) is 12.1 Å². The molecule has 3 N–H and O–H groups in total. The van der Waals surface area contributed by atoms with Crippen molar-refractivity contribution >= 4 is 5.91 Å². The minimum absolute atomic E-state index is 0.0847. The molecule has 0 aromatic heterocycles. The maximum atomic E-state index is 13.0. The summed E-state index contributed by atoms with van der Waals surface area (Å²) in [5, 5.41) is 2.89. The van der Waals surface area contributed by atoms with Gasteiger partial charge in [-0.05, 0) is 23.1 Å². The van der Waals surface area contributed by atoms with E-state index >= 15 is 0 Å². The predicted molar refractivity (Wildman–Crippen MR) is 70.5 cm³/mol. The molecule has 0 bridgehead atoms. The normalized spacial score (nSPS) is 13.2. The summed E-state index contributed by atoms with van der Waals surface area (Å²) in [5.74, 6) is -0.461. The molecule has 18 heavy (non-hydrogen) atoms. The van der Waals surface area contributed by atoms with Crippen molar-refractivity contribution in [3.8, 4) is 0 Å². The van der Waals surface area contributed by atoms with Crippen LogP contribution in [0.25, 0.3) is 0 Å². The second kappa shape index (κ2) is 5.96. The highest BCUT2D eigenvalue weighted by Crippen LogP contribution is 2.18. The first-order valence-electron chi connectivity index (χ1n) is 6.07. The quantitative estimate of drug-likeness (QED) is 0.859. The van der Waals surface area contributed by atoms with E-state index in [1.165, 1.54) is 12.1 Å². The number of benzene rings is 1. The topological polar surface area (TPSA) is 55.1 Å². The Morgan fingerprint density at radius 2 is 2.11 bits per heavy atom. The Kier molecular flexibility index (Phi) is 4.84. The van der Waals surface area contributed by atoms with Crippen molar-refractivity contribution in [2.75, 3.05) is 6.54 Å². The van der Waals surface area contributed by atoms with Crippen molar-refractivity contribution in [2.24, 2.45) is 11.1 Å². The highest BCUT2D eigenvalue weighted by atomic mass is 19.1. The minimum atomic E-state index is -0.327. The lowest BCUT2D eigenvalue weighted by Gasteiger charge is -2.30. The largest absolute Gasteiger partial charge is 0.351 e. The second-order valence-electron chi connectivity index (χ2n) is 5.53.